The van der Waals surface area contributed by atoms with Crippen LogP contribution in [-0.2, 0) is 23.0 Å². The molecule has 0 fully saturated rings. The van der Waals surface area contributed by atoms with E-state index in [2.05, 4.69) is 9.71 Å². The Bertz CT molecular complexity index is 699. The van der Waals surface area contributed by atoms with Gasteiger partial charge < -0.3 is 5.73 Å². The molecule has 2 rings (SSSR count). The molecule has 0 spiro atoms. The third kappa shape index (κ3) is 3.15. The smallest absolute Gasteiger partial charge is 0.260 e. The molecule has 1 aromatic carbocycles. The van der Waals surface area contributed by atoms with Gasteiger partial charge in [-0.2, -0.15) is 0 Å². The first kappa shape index (κ1) is 14.5. The maximum absolute atomic E-state index is 12.2. The van der Waals surface area contributed by atoms with Crippen LogP contribution in [0, 0.1) is 0 Å². The molecular formula is C14H17N3O2S. The zero-order valence-corrected chi connectivity index (χ0v) is 12.0. The number of hydrogen-bond donors (Lipinski definition) is 2. The Morgan fingerprint density at radius 3 is 2.50 bits per heavy atom. The number of pyridine rings is 1. The largest absolute Gasteiger partial charge is 0.396 e. The average Bonchev–Trinajstić information content (AvgIpc) is 2.46. The Balaban J connectivity index is 2.20. The van der Waals surface area contributed by atoms with Crippen molar-refractivity contribution in [2.24, 2.45) is 0 Å². The Kier molecular flexibility index (Phi) is 4.36. The summed E-state index contributed by atoms with van der Waals surface area (Å²) in [5, 5.41) is -0.131. The van der Waals surface area contributed by atoms with Crippen molar-refractivity contribution in [2.45, 2.75) is 24.9 Å². The summed E-state index contributed by atoms with van der Waals surface area (Å²) in [5.74, 6) is 0. The zero-order chi connectivity index (χ0) is 14.6. The quantitative estimate of drug-likeness (QED) is 0.878. The highest BCUT2D eigenvalue weighted by atomic mass is 32.2. The third-order valence-electron chi connectivity index (χ3n) is 3.01. The zero-order valence-electron chi connectivity index (χ0n) is 11.2. The van der Waals surface area contributed by atoms with Gasteiger partial charge in [0.05, 0.1) is 5.69 Å². The molecule has 0 radical (unpaired) electrons. The maximum atomic E-state index is 12.2. The number of sulfonamides is 1. The molecule has 0 unspecified atom stereocenters. The van der Waals surface area contributed by atoms with Crippen molar-refractivity contribution in [3.05, 3.63) is 53.7 Å². The Morgan fingerprint density at radius 2 is 1.85 bits per heavy atom. The fraction of sp³-hybridized carbons (Fsp3) is 0.214. The molecule has 0 bridgehead atoms. The number of rotatable bonds is 5. The van der Waals surface area contributed by atoms with Gasteiger partial charge in [-0.3, -0.25) is 0 Å². The first-order chi connectivity index (χ1) is 9.54. The predicted octanol–water partition coefficient (Wildman–Crippen LogP) is 1.70. The molecule has 1 heterocycles. The minimum atomic E-state index is -3.70. The highest BCUT2D eigenvalue weighted by Gasteiger charge is 2.18. The fourth-order valence-corrected chi connectivity index (χ4v) is 3.00. The predicted molar refractivity (Wildman–Crippen MR) is 78.5 cm³/mol. The molecule has 2 aromatic rings. The Labute approximate surface area is 118 Å². The second kappa shape index (κ2) is 6.02. The first-order valence-corrected chi connectivity index (χ1v) is 7.80. The summed E-state index contributed by atoms with van der Waals surface area (Å²) in [4.78, 5) is 3.83. The summed E-state index contributed by atoms with van der Waals surface area (Å²) in [7, 11) is -3.70. The van der Waals surface area contributed by atoms with Crippen molar-refractivity contribution < 1.29 is 8.42 Å². The fourth-order valence-electron chi connectivity index (χ4n) is 1.94. The summed E-state index contributed by atoms with van der Waals surface area (Å²) in [5.41, 5.74) is 7.86. The molecule has 0 aliphatic rings. The van der Waals surface area contributed by atoms with Gasteiger partial charge in [-0.15, -0.1) is 0 Å². The molecule has 1 aromatic heterocycles. The number of aromatic nitrogens is 1. The number of nitrogens with zero attached hydrogens (tertiary/aromatic N) is 1. The molecule has 0 aliphatic heterocycles. The summed E-state index contributed by atoms with van der Waals surface area (Å²) >= 11 is 0. The summed E-state index contributed by atoms with van der Waals surface area (Å²) in [6, 6.07) is 10.8. The van der Waals surface area contributed by atoms with Gasteiger partial charge in [0.2, 0.25) is 0 Å². The average molecular weight is 291 g/mol. The highest BCUT2D eigenvalue weighted by molar-refractivity contribution is 7.89. The molecule has 3 N–H and O–H groups in total. The van der Waals surface area contributed by atoms with Crippen molar-refractivity contribution in [2.75, 3.05) is 5.73 Å². The van der Waals surface area contributed by atoms with Gasteiger partial charge in [-0.25, -0.2) is 18.1 Å². The van der Waals surface area contributed by atoms with Crippen molar-refractivity contribution in [1.29, 1.82) is 0 Å². The van der Waals surface area contributed by atoms with Crippen molar-refractivity contribution >= 4 is 15.7 Å². The lowest BCUT2D eigenvalue weighted by atomic mass is 10.1. The summed E-state index contributed by atoms with van der Waals surface area (Å²) < 4.78 is 26.9. The summed E-state index contributed by atoms with van der Waals surface area (Å²) in [6.45, 7) is 2.26. The molecule has 0 amide bonds. The molecule has 0 atom stereocenters. The van der Waals surface area contributed by atoms with Crippen molar-refractivity contribution in [3.63, 3.8) is 0 Å². The molecule has 6 heteroatoms. The first-order valence-electron chi connectivity index (χ1n) is 6.31. The molecule has 20 heavy (non-hydrogen) atoms. The van der Waals surface area contributed by atoms with E-state index in [4.69, 9.17) is 5.73 Å². The highest BCUT2D eigenvalue weighted by Crippen LogP contribution is 2.15. The van der Waals surface area contributed by atoms with Gasteiger partial charge in [0.25, 0.3) is 10.0 Å². The van der Waals surface area contributed by atoms with Crippen LogP contribution < -0.4 is 10.5 Å². The van der Waals surface area contributed by atoms with Gasteiger partial charge in [0.15, 0.2) is 5.03 Å². The van der Waals surface area contributed by atoms with Crippen LogP contribution in [0.4, 0.5) is 5.69 Å². The van der Waals surface area contributed by atoms with Crippen LogP contribution in [0.15, 0.2) is 47.6 Å². The Hall–Kier alpha value is -1.92. The molecule has 0 saturated heterocycles. The van der Waals surface area contributed by atoms with E-state index in [1.165, 1.54) is 12.3 Å². The van der Waals surface area contributed by atoms with Gasteiger partial charge >= 0.3 is 0 Å². The number of aryl methyl sites for hydroxylation is 1. The van der Waals surface area contributed by atoms with Crippen LogP contribution in [0.3, 0.4) is 0 Å². The lowest BCUT2D eigenvalue weighted by Crippen LogP contribution is -2.25. The SMILES string of the molecule is CCc1ccccc1CNS(=O)(=O)c1ncccc1N. The monoisotopic (exact) mass is 291 g/mol. The lowest BCUT2D eigenvalue weighted by Gasteiger charge is -2.10. The number of nitrogens with one attached hydrogen (secondary N) is 1. The van der Waals surface area contributed by atoms with E-state index in [-0.39, 0.29) is 17.3 Å². The Morgan fingerprint density at radius 1 is 1.15 bits per heavy atom. The van der Waals surface area contributed by atoms with E-state index in [1.807, 2.05) is 31.2 Å². The minimum absolute atomic E-state index is 0.131. The molecule has 0 saturated carbocycles. The minimum Gasteiger partial charge on any atom is -0.396 e. The van der Waals surface area contributed by atoms with Gasteiger partial charge in [-0.05, 0) is 29.7 Å². The lowest BCUT2D eigenvalue weighted by molar-refractivity contribution is 0.578. The summed E-state index contributed by atoms with van der Waals surface area (Å²) in [6.07, 6.45) is 2.26. The molecule has 0 aliphatic carbocycles. The van der Waals surface area contributed by atoms with Crippen LogP contribution in [0.1, 0.15) is 18.1 Å². The van der Waals surface area contributed by atoms with E-state index in [9.17, 15) is 8.42 Å². The maximum Gasteiger partial charge on any atom is 0.260 e. The number of nitrogens with two attached hydrogens (primary N) is 1. The standard InChI is InChI=1S/C14H17N3O2S/c1-2-11-6-3-4-7-12(11)10-17-20(18,19)14-13(15)8-5-9-16-14/h3-9,17H,2,10,15H2,1H3. The normalized spacial score (nSPS) is 11.4. The molecule has 5 nitrogen and oxygen atoms in total. The van der Waals surface area contributed by atoms with E-state index in [0.29, 0.717) is 0 Å². The number of hydrogen-bond acceptors (Lipinski definition) is 4. The van der Waals surface area contributed by atoms with E-state index in [1.54, 1.807) is 6.07 Å². The second-order valence-electron chi connectivity index (χ2n) is 4.34. The number of benzene rings is 1. The van der Waals surface area contributed by atoms with Gasteiger partial charge in [-0.1, -0.05) is 31.2 Å². The second-order valence-corrected chi connectivity index (χ2v) is 6.03. The van der Waals surface area contributed by atoms with Crippen LogP contribution >= 0.6 is 0 Å². The molecular weight excluding hydrogens is 274 g/mol. The van der Waals surface area contributed by atoms with Crippen LogP contribution in [0.2, 0.25) is 0 Å². The van der Waals surface area contributed by atoms with Crippen LogP contribution in [0.25, 0.3) is 0 Å². The molecule has 106 valence electrons. The topological polar surface area (TPSA) is 85.1 Å². The number of anilines is 1. The number of nitrogen functional groups attached to an aromatic ring is 1. The van der Waals surface area contributed by atoms with Crippen LogP contribution in [-0.4, -0.2) is 13.4 Å². The van der Waals surface area contributed by atoms with E-state index < -0.39 is 10.0 Å². The third-order valence-corrected chi connectivity index (χ3v) is 4.38. The van der Waals surface area contributed by atoms with E-state index >= 15 is 0 Å². The van der Waals surface area contributed by atoms with Gasteiger partial charge in [0.1, 0.15) is 0 Å². The van der Waals surface area contributed by atoms with Crippen LogP contribution in [0.5, 0.6) is 0 Å². The van der Waals surface area contributed by atoms with Crippen molar-refractivity contribution in [3.8, 4) is 0 Å². The van der Waals surface area contributed by atoms with E-state index in [0.717, 1.165) is 17.5 Å². The van der Waals surface area contributed by atoms with Gasteiger partial charge in [0, 0.05) is 12.7 Å². The van der Waals surface area contributed by atoms with Crippen molar-refractivity contribution in [1.82, 2.24) is 9.71 Å².